The Morgan fingerprint density at radius 2 is 1.93 bits per heavy atom. The number of aryl methyl sites for hydroxylation is 1. The van der Waals surface area contributed by atoms with Gasteiger partial charge >= 0.3 is 0 Å². The van der Waals surface area contributed by atoms with Crippen molar-refractivity contribution in [2.75, 3.05) is 0 Å². The molecule has 0 unspecified atom stereocenters. The van der Waals surface area contributed by atoms with Crippen molar-refractivity contribution in [2.45, 2.75) is 51.0 Å². The maximum absolute atomic E-state index is 12.8. The van der Waals surface area contributed by atoms with Crippen molar-refractivity contribution < 1.29 is 4.79 Å². The predicted octanol–water partition coefficient (Wildman–Crippen LogP) is 3.79. The number of hydrogen-bond acceptors (Lipinski definition) is 4. The molecular formula is C24H24N4O2. The van der Waals surface area contributed by atoms with E-state index >= 15 is 0 Å². The number of nitrogens with zero attached hydrogens (tertiary/aromatic N) is 3. The molecule has 6 nitrogen and oxygen atoms in total. The molecule has 152 valence electrons. The first-order valence-corrected chi connectivity index (χ1v) is 10.7. The second-order valence-corrected chi connectivity index (χ2v) is 8.07. The lowest BCUT2D eigenvalue weighted by atomic mass is 9.82. The second kappa shape index (κ2) is 7.86. The van der Waals surface area contributed by atoms with Crippen LogP contribution >= 0.6 is 0 Å². The quantitative estimate of drug-likeness (QED) is 0.680. The van der Waals surface area contributed by atoms with E-state index in [0.717, 1.165) is 50.2 Å². The number of fused-ring (bicyclic) bond motifs is 2. The van der Waals surface area contributed by atoms with Crippen LogP contribution in [0.1, 0.15) is 59.8 Å². The number of aromatic nitrogens is 2. The number of amides is 1. The van der Waals surface area contributed by atoms with Crippen molar-refractivity contribution in [1.29, 1.82) is 0 Å². The largest absolute Gasteiger partial charge is 0.296 e. The summed E-state index contributed by atoms with van der Waals surface area (Å²) in [6, 6.07) is 15.4. The minimum Gasteiger partial charge on any atom is -0.296 e. The molecule has 1 N–H and O–H groups in total. The van der Waals surface area contributed by atoms with Gasteiger partial charge in [0.05, 0.1) is 10.9 Å². The van der Waals surface area contributed by atoms with Gasteiger partial charge in [0.1, 0.15) is 5.82 Å². The van der Waals surface area contributed by atoms with Gasteiger partial charge in [-0.2, -0.15) is 5.10 Å². The fourth-order valence-corrected chi connectivity index (χ4v) is 4.59. The molecule has 5 rings (SSSR count). The van der Waals surface area contributed by atoms with Gasteiger partial charge in [-0.15, -0.1) is 0 Å². The smallest absolute Gasteiger partial charge is 0.271 e. The highest BCUT2D eigenvalue weighted by Crippen LogP contribution is 2.30. The summed E-state index contributed by atoms with van der Waals surface area (Å²) in [4.78, 5) is 30.0. The standard InChI is InChI=1S/C24H24N4O2/c29-23(27-26-20-10-5-4-9-18(20)16-7-2-1-3-8-16)17-12-13-19-21(15-17)25-22-11-6-14-28(22)24(19)30/h1-3,7-8,12-13,15,18H,4-6,9-11,14H2,(H,27,29)/t18-/m1/s1. The highest BCUT2D eigenvalue weighted by Gasteiger charge is 2.23. The summed E-state index contributed by atoms with van der Waals surface area (Å²) < 4.78 is 1.74. The lowest BCUT2D eigenvalue weighted by Crippen LogP contribution is -2.25. The summed E-state index contributed by atoms with van der Waals surface area (Å²) in [5.41, 5.74) is 6.03. The molecule has 3 aromatic rings. The molecule has 0 saturated heterocycles. The number of nitrogens with one attached hydrogen (secondary N) is 1. The Morgan fingerprint density at radius 3 is 2.80 bits per heavy atom. The van der Waals surface area contributed by atoms with Crippen LogP contribution in [0.5, 0.6) is 0 Å². The zero-order valence-corrected chi connectivity index (χ0v) is 16.8. The van der Waals surface area contributed by atoms with Gasteiger partial charge in [0, 0.05) is 30.2 Å². The minimum atomic E-state index is -0.274. The van der Waals surface area contributed by atoms with E-state index in [1.807, 2.05) is 18.2 Å². The molecule has 1 amide bonds. The fraction of sp³-hybridized carbons (Fsp3) is 0.333. The molecule has 0 radical (unpaired) electrons. The molecule has 1 saturated carbocycles. The molecule has 1 atom stereocenters. The van der Waals surface area contributed by atoms with Crippen molar-refractivity contribution in [3.05, 3.63) is 75.8 Å². The van der Waals surface area contributed by atoms with Crippen LogP contribution in [0, 0.1) is 0 Å². The molecule has 1 aliphatic heterocycles. The topological polar surface area (TPSA) is 76.3 Å². The van der Waals surface area contributed by atoms with E-state index in [4.69, 9.17) is 0 Å². The van der Waals surface area contributed by atoms with Crippen LogP contribution in [0.4, 0.5) is 0 Å². The average Bonchev–Trinajstić information content (AvgIpc) is 3.27. The SMILES string of the molecule is O=C(NN=C1CCCC[C@@H]1c1ccccc1)c1ccc2c(=O)n3c(nc2c1)CCC3. The van der Waals surface area contributed by atoms with Gasteiger partial charge in [-0.05, 0) is 49.4 Å². The lowest BCUT2D eigenvalue weighted by Gasteiger charge is -2.24. The summed E-state index contributed by atoms with van der Waals surface area (Å²) in [7, 11) is 0. The molecule has 1 fully saturated rings. The summed E-state index contributed by atoms with van der Waals surface area (Å²) in [6.45, 7) is 0.722. The van der Waals surface area contributed by atoms with E-state index < -0.39 is 0 Å². The van der Waals surface area contributed by atoms with Crippen LogP contribution in [0.3, 0.4) is 0 Å². The Balaban J connectivity index is 1.40. The maximum atomic E-state index is 12.8. The first-order valence-electron chi connectivity index (χ1n) is 10.7. The van der Waals surface area contributed by atoms with Gasteiger partial charge in [-0.25, -0.2) is 10.4 Å². The Bertz CT molecular complexity index is 1200. The number of hydrazone groups is 1. The third kappa shape index (κ3) is 3.43. The van der Waals surface area contributed by atoms with Gasteiger partial charge in [0.15, 0.2) is 0 Å². The molecule has 30 heavy (non-hydrogen) atoms. The summed E-state index contributed by atoms with van der Waals surface area (Å²) in [5, 5.41) is 5.06. The first kappa shape index (κ1) is 18.7. The molecule has 1 aromatic heterocycles. The van der Waals surface area contributed by atoms with Gasteiger partial charge in [0.2, 0.25) is 0 Å². The number of benzene rings is 2. The third-order valence-corrected chi connectivity index (χ3v) is 6.16. The van der Waals surface area contributed by atoms with Crippen LogP contribution in [-0.4, -0.2) is 21.2 Å². The van der Waals surface area contributed by atoms with Crippen molar-refractivity contribution in [3.8, 4) is 0 Å². The van der Waals surface area contributed by atoms with E-state index in [9.17, 15) is 9.59 Å². The Labute approximate surface area is 174 Å². The average molecular weight is 400 g/mol. The van der Waals surface area contributed by atoms with Gasteiger partial charge in [0.25, 0.3) is 11.5 Å². The fourth-order valence-electron chi connectivity index (χ4n) is 4.59. The zero-order valence-electron chi connectivity index (χ0n) is 16.8. The van der Waals surface area contributed by atoms with Gasteiger partial charge < -0.3 is 0 Å². The van der Waals surface area contributed by atoms with Crippen LogP contribution in [0.2, 0.25) is 0 Å². The van der Waals surface area contributed by atoms with Gasteiger partial charge in [-0.1, -0.05) is 36.8 Å². The second-order valence-electron chi connectivity index (χ2n) is 8.07. The minimum absolute atomic E-state index is 0.0207. The Morgan fingerprint density at radius 1 is 1.07 bits per heavy atom. The van der Waals surface area contributed by atoms with E-state index in [1.54, 1.807) is 22.8 Å². The number of hydrogen-bond donors (Lipinski definition) is 1. The van der Waals surface area contributed by atoms with Crippen molar-refractivity contribution in [1.82, 2.24) is 15.0 Å². The summed E-state index contributed by atoms with van der Waals surface area (Å²) in [6.07, 6.45) is 5.94. The molecule has 0 spiro atoms. The summed E-state index contributed by atoms with van der Waals surface area (Å²) in [5.74, 6) is 0.781. The van der Waals surface area contributed by atoms with Crippen LogP contribution in [-0.2, 0) is 13.0 Å². The van der Waals surface area contributed by atoms with Crippen molar-refractivity contribution in [3.63, 3.8) is 0 Å². The highest BCUT2D eigenvalue weighted by atomic mass is 16.2. The molecular weight excluding hydrogens is 376 g/mol. The van der Waals surface area contributed by atoms with Crippen LogP contribution in [0.15, 0.2) is 58.4 Å². The first-order chi connectivity index (χ1) is 14.7. The van der Waals surface area contributed by atoms with E-state index in [-0.39, 0.29) is 17.4 Å². The normalized spacial score (nSPS) is 19.7. The monoisotopic (exact) mass is 400 g/mol. The third-order valence-electron chi connectivity index (χ3n) is 6.16. The molecule has 2 heterocycles. The number of carbonyl (C=O) groups excluding carboxylic acids is 1. The Kier molecular flexibility index (Phi) is 4.91. The van der Waals surface area contributed by atoms with E-state index in [1.165, 1.54) is 12.0 Å². The van der Waals surface area contributed by atoms with Crippen molar-refractivity contribution >= 4 is 22.5 Å². The summed E-state index contributed by atoms with van der Waals surface area (Å²) >= 11 is 0. The zero-order chi connectivity index (χ0) is 20.5. The molecule has 2 aliphatic rings. The van der Waals surface area contributed by atoms with E-state index in [0.29, 0.717) is 16.5 Å². The van der Waals surface area contributed by atoms with Crippen molar-refractivity contribution in [2.24, 2.45) is 5.10 Å². The van der Waals surface area contributed by atoms with Gasteiger partial charge in [-0.3, -0.25) is 14.2 Å². The molecule has 0 bridgehead atoms. The molecule has 2 aromatic carbocycles. The highest BCUT2D eigenvalue weighted by molar-refractivity contribution is 5.99. The lowest BCUT2D eigenvalue weighted by molar-refractivity contribution is 0.0954. The Hall–Kier alpha value is -3.28. The van der Waals surface area contributed by atoms with Crippen LogP contribution in [0.25, 0.3) is 10.9 Å². The van der Waals surface area contributed by atoms with Crippen LogP contribution < -0.4 is 11.0 Å². The number of carbonyl (C=O) groups is 1. The molecule has 1 aliphatic carbocycles. The molecule has 6 heteroatoms. The predicted molar refractivity (Wildman–Crippen MR) is 117 cm³/mol. The number of rotatable bonds is 3. The maximum Gasteiger partial charge on any atom is 0.271 e. The van der Waals surface area contributed by atoms with E-state index in [2.05, 4.69) is 27.6 Å².